The Hall–Kier alpha value is -0.400. The third-order valence-electron chi connectivity index (χ3n) is 1.95. The van der Waals surface area contributed by atoms with Crippen LogP contribution in [0, 0.1) is 11.8 Å². The Morgan fingerprint density at radius 2 is 1.73 bits per heavy atom. The summed E-state index contributed by atoms with van der Waals surface area (Å²) >= 11 is 0. The summed E-state index contributed by atoms with van der Waals surface area (Å²) in [4.78, 5) is 11.1. The largest absolute Gasteiger partial charge is 0.299 e. The van der Waals surface area contributed by atoms with Crippen LogP contribution in [0.1, 0.15) is 34.1 Å². The number of hydrogen-bond acceptors (Lipinski definition) is 1. The highest BCUT2D eigenvalue weighted by Crippen LogP contribution is 2.14. The first-order valence-electron chi connectivity index (χ1n) is 4.12. The van der Waals surface area contributed by atoms with Gasteiger partial charge in [-0.1, -0.05) is 20.8 Å². The number of carbonyl (C=O) groups is 1. The lowest BCUT2D eigenvalue weighted by Crippen LogP contribution is -2.17. The van der Waals surface area contributed by atoms with Crippen LogP contribution in [0.5, 0.6) is 0 Å². The van der Waals surface area contributed by atoms with Crippen molar-refractivity contribution in [2.45, 2.75) is 40.3 Å². The average molecular weight is 160 g/mol. The van der Waals surface area contributed by atoms with Crippen molar-refractivity contribution in [2.75, 3.05) is 0 Å². The highest BCUT2D eigenvalue weighted by molar-refractivity contribution is 5.80. The minimum atomic E-state index is -0.877. The first-order valence-corrected chi connectivity index (χ1v) is 4.12. The molecular weight excluding hydrogens is 143 g/mol. The van der Waals surface area contributed by atoms with Gasteiger partial charge in [-0.3, -0.25) is 4.79 Å². The molecular formula is C9H17FO. The van der Waals surface area contributed by atoms with Crippen LogP contribution in [0.3, 0.4) is 0 Å². The second kappa shape index (κ2) is 4.47. The molecule has 0 aliphatic rings. The lowest BCUT2D eigenvalue weighted by atomic mass is 9.95. The molecule has 0 radical (unpaired) electrons. The maximum absolute atomic E-state index is 12.6. The van der Waals surface area contributed by atoms with E-state index in [2.05, 4.69) is 0 Å². The molecule has 2 heteroatoms. The van der Waals surface area contributed by atoms with Crippen molar-refractivity contribution in [1.29, 1.82) is 0 Å². The Labute approximate surface area is 68.0 Å². The fourth-order valence-electron chi connectivity index (χ4n) is 0.715. The first kappa shape index (κ1) is 10.6. The molecule has 0 heterocycles. The molecule has 0 bridgehead atoms. The van der Waals surface area contributed by atoms with Crippen LogP contribution < -0.4 is 0 Å². The first-order chi connectivity index (χ1) is 4.95. The van der Waals surface area contributed by atoms with Gasteiger partial charge in [-0.05, 0) is 12.8 Å². The van der Waals surface area contributed by atoms with Gasteiger partial charge >= 0.3 is 0 Å². The minimum Gasteiger partial charge on any atom is -0.299 e. The van der Waals surface area contributed by atoms with Crippen LogP contribution in [0.4, 0.5) is 4.39 Å². The zero-order valence-electron chi connectivity index (χ0n) is 7.73. The Balaban J connectivity index is 3.76. The van der Waals surface area contributed by atoms with E-state index in [1.54, 1.807) is 6.92 Å². The van der Waals surface area contributed by atoms with Gasteiger partial charge in [-0.15, -0.1) is 0 Å². The molecule has 0 saturated carbocycles. The summed E-state index contributed by atoms with van der Waals surface area (Å²) in [5.74, 6) is 0.0584. The predicted octanol–water partition coefficient (Wildman–Crippen LogP) is 2.60. The van der Waals surface area contributed by atoms with Gasteiger partial charge in [0.15, 0.2) is 0 Å². The Morgan fingerprint density at radius 3 is 2.00 bits per heavy atom. The fraction of sp³-hybridized carbons (Fsp3) is 0.889. The van der Waals surface area contributed by atoms with Crippen molar-refractivity contribution in [3.8, 4) is 0 Å². The Bertz CT molecular complexity index is 130. The number of rotatable bonds is 4. The number of Topliss-reactive ketones (excluding diaryl/α,β-unsaturated/α-hetero) is 1. The summed E-state index contributed by atoms with van der Waals surface area (Å²) in [6.45, 7) is 6.96. The zero-order valence-corrected chi connectivity index (χ0v) is 7.73. The van der Waals surface area contributed by atoms with E-state index in [0.717, 1.165) is 0 Å². The van der Waals surface area contributed by atoms with Gasteiger partial charge in [-0.25, -0.2) is 4.39 Å². The third kappa shape index (κ3) is 4.12. The molecule has 0 aliphatic heterocycles. The molecule has 2 atom stereocenters. The topological polar surface area (TPSA) is 17.1 Å². The smallest absolute Gasteiger partial charge is 0.135 e. The molecule has 0 aromatic heterocycles. The zero-order chi connectivity index (χ0) is 9.02. The third-order valence-corrected chi connectivity index (χ3v) is 1.95. The van der Waals surface area contributed by atoms with Crippen LogP contribution in [0.25, 0.3) is 0 Å². The summed E-state index contributed by atoms with van der Waals surface area (Å²) in [5, 5.41) is 0. The van der Waals surface area contributed by atoms with Crippen LogP contribution in [-0.4, -0.2) is 12.0 Å². The van der Waals surface area contributed by atoms with Crippen molar-refractivity contribution in [3.05, 3.63) is 0 Å². The molecule has 2 unspecified atom stereocenters. The van der Waals surface area contributed by atoms with E-state index < -0.39 is 6.17 Å². The van der Waals surface area contributed by atoms with Crippen LogP contribution >= 0.6 is 0 Å². The molecule has 0 aromatic carbocycles. The van der Waals surface area contributed by atoms with Crippen LogP contribution in [-0.2, 0) is 4.79 Å². The monoisotopic (exact) mass is 160 g/mol. The molecule has 0 amide bonds. The van der Waals surface area contributed by atoms with Crippen molar-refractivity contribution in [3.63, 3.8) is 0 Å². The molecule has 0 aliphatic carbocycles. The van der Waals surface area contributed by atoms with Crippen molar-refractivity contribution in [2.24, 2.45) is 11.8 Å². The highest BCUT2D eigenvalue weighted by Gasteiger charge is 2.16. The number of hydrogen-bond donors (Lipinski definition) is 0. The highest BCUT2D eigenvalue weighted by atomic mass is 19.1. The van der Waals surface area contributed by atoms with Gasteiger partial charge in [0.05, 0.1) is 0 Å². The quantitative estimate of drug-likeness (QED) is 0.617. The number of alkyl halides is 1. The standard InChI is InChI=1S/C9H17FO/c1-6(2)9(11)5-7(3)8(4)10/h6-8H,5H2,1-4H3. The summed E-state index contributed by atoms with van der Waals surface area (Å²) in [6, 6.07) is 0. The maximum atomic E-state index is 12.6. The van der Waals surface area contributed by atoms with Gasteiger partial charge in [0, 0.05) is 12.3 Å². The Kier molecular flexibility index (Phi) is 4.31. The van der Waals surface area contributed by atoms with Crippen molar-refractivity contribution >= 4 is 5.78 Å². The van der Waals surface area contributed by atoms with E-state index >= 15 is 0 Å². The van der Waals surface area contributed by atoms with E-state index in [0.29, 0.717) is 6.42 Å². The predicted molar refractivity (Wildman–Crippen MR) is 44.2 cm³/mol. The minimum absolute atomic E-state index is 0.0381. The van der Waals surface area contributed by atoms with E-state index in [1.165, 1.54) is 6.92 Å². The molecule has 0 spiro atoms. The lowest BCUT2D eigenvalue weighted by molar-refractivity contribution is -0.123. The molecule has 11 heavy (non-hydrogen) atoms. The van der Waals surface area contributed by atoms with Crippen LogP contribution in [0.15, 0.2) is 0 Å². The molecule has 0 saturated heterocycles. The van der Waals surface area contributed by atoms with E-state index in [1.807, 2.05) is 13.8 Å². The van der Waals surface area contributed by atoms with E-state index in [4.69, 9.17) is 0 Å². The number of ketones is 1. The van der Waals surface area contributed by atoms with E-state index in [9.17, 15) is 9.18 Å². The lowest BCUT2D eigenvalue weighted by Gasteiger charge is -2.12. The van der Waals surface area contributed by atoms with Crippen molar-refractivity contribution in [1.82, 2.24) is 0 Å². The summed E-state index contributed by atoms with van der Waals surface area (Å²) in [5.41, 5.74) is 0. The molecule has 0 rings (SSSR count). The van der Waals surface area contributed by atoms with Gasteiger partial charge in [0.25, 0.3) is 0 Å². The summed E-state index contributed by atoms with van der Waals surface area (Å²) in [6.07, 6.45) is -0.507. The molecule has 1 nitrogen and oxygen atoms in total. The maximum Gasteiger partial charge on any atom is 0.135 e. The summed E-state index contributed by atoms with van der Waals surface area (Å²) < 4.78 is 12.6. The second-order valence-corrected chi connectivity index (χ2v) is 3.48. The molecule has 0 fully saturated rings. The fourth-order valence-corrected chi connectivity index (χ4v) is 0.715. The molecule has 0 aromatic rings. The van der Waals surface area contributed by atoms with E-state index in [-0.39, 0.29) is 17.6 Å². The summed E-state index contributed by atoms with van der Waals surface area (Å²) in [7, 11) is 0. The van der Waals surface area contributed by atoms with Gasteiger partial charge < -0.3 is 0 Å². The normalized spacial score (nSPS) is 16.5. The van der Waals surface area contributed by atoms with Crippen molar-refractivity contribution < 1.29 is 9.18 Å². The number of carbonyl (C=O) groups excluding carboxylic acids is 1. The molecule has 0 N–H and O–H groups in total. The van der Waals surface area contributed by atoms with Gasteiger partial charge in [-0.2, -0.15) is 0 Å². The SMILES string of the molecule is CC(C)C(=O)CC(C)C(C)F. The average Bonchev–Trinajstić information content (AvgIpc) is 1.87. The second-order valence-electron chi connectivity index (χ2n) is 3.48. The molecule has 66 valence electrons. The number of halogens is 1. The van der Waals surface area contributed by atoms with Gasteiger partial charge in [0.2, 0.25) is 0 Å². The van der Waals surface area contributed by atoms with Gasteiger partial charge in [0.1, 0.15) is 12.0 Å². The Morgan fingerprint density at radius 1 is 1.27 bits per heavy atom. The van der Waals surface area contributed by atoms with Crippen LogP contribution in [0.2, 0.25) is 0 Å².